The topological polar surface area (TPSA) is 98.1 Å². The van der Waals surface area contributed by atoms with Crippen LogP contribution in [0.1, 0.15) is 56.4 Å². The minimum Gasteiger partial charge on any atom is -0.444 e. The fourth-order valence-electron chi connectivity index (χ4n) is 2.67. The largest absolute Gasteiger partial charge is 0.444 e. The van der Waals surface area contributed by atoms with Crippen LogP contribution in [0.2, 0.25) is 0 Å². The van der Waals surface area contributed by atoms with Crippen molar-refractivity contribution in [3.8, 4) is 5.69 Å². The molecular weight excluding hydrogens is 370 g/mol. The van der Waals surface area contributed by atoms with E-state index in [4.69, 9.17) is 4.74 Å². The van der Waals surface area contributed by atoms with E-state index in [1.54, 1.807) is 32.4 Å². The first-order valence-electron chi connectivity index (χ1n) is 9.75. The van der Waals surface area contributed by atoms with Gasteiger partial charge in [-0.1, -0.05) is 36.8 Å². The first kappa shape index (κ1) is 22.4. The number of amides is 2. The second-order valence-electron chi connectivity index (χ2n) is 8.48. The number of rotatable bonds is 6. The van der Waals surface area contributed by atoms with Crippen molar-refractivity contribution >= 4 is 12.0 Å². The molecule has 8 nitrogen and oxygen atoms in total. The van der Waals surface area contributed by atoms with Gasteiger partial charge in [0.1, 0.15) is 5.60 Å². The lowest BCUT2D eigenvalue weighted by Crippen LogP contribution is -2.48. The predicted octanol–water partition coefficient (Wildman–Crippen LogP) is 3.16. The number of nitrogens with one attached hydrogen (secondary N) is 2. The second-order valence-corrected chi connectivity index (χ2v) is 8.48. The van der Waals surface area contributed by atoms with Gasteiger partial charge in [-0.3, -0.25) is 4.79 Å². The summed E-state index contributed by atoms with van der Waals surface area (Å²) in [6.45, 7) is 13.4. The van der Waals surface area contributed by atoms with E-state index in [-0.39, 0.29) is 30.1 Å². The van der Waals surface area contributed by atoms with Crippen LogP contribution in [0.3, 0.4) is 0 Å². The summed E-state index contributed by atoms with van der Waals surface area (Å²) in [6, 6.07) is 7.54. The Balaban J connectivity index is 2.03. The molecule has 1 aromatic carbocycles. The van der Waals surface area contributed by atoms with E-state index in [9.17, 15) is 9.59 Å². The van der Waals surface area contributed by atoms with Gasteiger partial charge in [0.15, 0.2) is 5.69 Å². The Morgan fingerprint density at radius 2 is 1.76 bits per heavy atom. The van der Waals surface area contributed by atoms with Gasteiger partial charge in [-0.05, 0) is 52.7 Å². The number of carbonyl (C=O) groups excluding carboxylic acids is 2. The molecule has 2 N–H and O–H groups in total. The van der Waals surface area contributed by atoms with Crippen LogP contribution >= 0.6 is 0 Å². The highest BCUT2D eigenvalue weighted by Crippen LogP contribution is 2.13. The van der Waals surface area contributed by atoms with E-state index in [1.807, 2.05) is 45.0 Å². The highest BCUT2D eigenvalue weighted by molar-refractivity contribution is 5.93. The number of alkyl carbamates (subject to hydrolysis) is 1. The SMILES string of the molecule is Cc1ccc(-n2nnc(C(=O)NCC(NC(=O)OC(C)(C)C)C(C)C)c2C)cc1. The van der Waals surface area contributed by atoms with Gasteiger partial charge in [0.05, 0.1) is 17.4 Å². The molecule has 0 bridgehead atoms. The first-order valence-corrected chi connectivity index (χ1v) is 9.75. The van der Waals surface area contributed by atoms with Gasteiger partial charge < -0.3 is 15.4 Å². The Morgan fingerprint density at radius 3 is 2.31 bits per heavy atom. The molecule has 0 saturated carbocycles. The third-order valence-electron chi connectivity index (χ3n) is 4.38. The molecule has 0 aliphatic rings. The summed E-state index contributed by atoms with van der Waals surface area (Å²) in [5, 5.41) is 13.8. The minimum atomic E-state index is -0.583. The molecule has 29 heavy (non-hydrogen) atoms. The standard InChI is InChI=1S/C21H31N5O3/c1-13(2)17(23-20(28)29-21(5,6)7)12-22-19(27)18-15(4)26(25-24-18)16-10-8-14(3)9-11-16/h8-11,13,17H,12H2,1-7H3,(H,22,27)(H,23,28). The Labute approximate surface area is 172 Å². The summed E-state index contributed by atoms with van der Waals surface area (Å²) < 4.78 is 6.93. The quantitative estimate of drug-likeness (QED) is 0.775. The Kier molecular flexibility index (Phi) is 7.00. The highest BCUT2D eigenvalue weighted by Gasteiger charge is 2.23. The lowest BCUT2D eigenvalue weighted by molar-refractivity contribution is 0.0487. The Bertz CT molecular complexity index is 850. The van der Waals surface area contributed by atoms with Crippen LogP contribution in [0.25, 0.3) is 5.69 Å². The van der Waals surface area contributed by atoms with Crippen LogP contribution in [-0.4, -0.2) is 45.2 Å². The molecule has 0 fully saturated rings. The normalized spacial score (nSPS) is 12.6. The van der Waals surface area contributed by atoms with Crippen molar-refractivity contribution in [1.29, 1.82) is 0 Å². The van der Waals surface area contributed by atoms with Crippen LogP contribution in [0, 0.1) is 19.8 Å². The van der Waals surface area contributed by atoms with Crippen LogP contribution in [0.5, 0.6) is 0 Å². The lowest BCUT2D eigenvalue weighted by atomic mass is 10.0. The molecular formula is C21H31N5O3. The van der Waals surface area contributed by atoms with E-state index in [0.29, 0.717) is 5.69 Å². The average molecular weight is 402 g/mol. The van der Waals surface area contributed by atoms with Crippen molar-refractivity contribution in [1.82, 2.24) is 25.6 Å². The molecule has 0 saturated heterocycles. The van der Waals surface area contributed by atoms with Crippen LogP contribution < -0.4 is 10.6 Å². The number of hydrogen-bond acceptors (Lipinski definition) is 5. The Hall–Kier alpha value is -2.90. The van der Waals surface area contributed by atoms with Gasteiger partial charge in [0, 0.05) is 6.54 Å². The fourth-order valence-corrected chi connectivity index (χ4v) is 2.67. The van der Waals surface area contributed by atoms with E-state index >= 15 is 0 Å². The van der Waals surface area contributed by atoms with Crippen molar-refractivity contribution in [2.75, 3.05) is 6.54 Å². The first-order chi connectivity index (χ1) is 13.5. The van der Waals surface area contributed by atoms with Gasteiger partial charge in [-0.25, -0.2) is 9.48 Å². The van der Waals surface area contributed by atoms with Gasteiger partial charge in [0.2, 0.25) is 0 Å². The molecule has 2 amide bonds. The molecule has 1 unspecified atom stereocenters. The monoisotopic (exact) mass is 401 g/mol. The lowest BCUT2D eigenvalue weighted by Gasteiger charge is -2.25. The average Bonchev–Trinajstić information content (AvgIpc) is 2.98. The zero-order valence-corrected chi connectivity index (χ0v) is 18.2. The number of ether oxygens (including phenoxy) is 1. The van der Waals surface area contributed by atoms with Gasteiger partial charge >= 0.3 is 6.09 Å². The molecule has 0 spiro atoms. The number of hydrogen-bond donors (Lipinski definition) is 2. The Morgan fingerprint density at radius 1 is 1.14 bits per heavy atom. The van der Waals surface area contributed by atoms with E-state index in [0.717, 1.165) is 11.3 Å². The van der Waals surface area contributed by atoms with Gasteiger partial charge in [-0.15, -0.1) is 5.10 Å². The summed E-state index contributed by atoms with van der Waals surface area (Å²) in [4.78, 5) is 24.7. The molecule has 158 valence electrons. The molecule has 1 heterocycles. The summed E-state index contributed by atoms with van der Waals surface area (Å²) in [5.41, 5.74) is 2.30. The summed E-state index contributed by atoms with van der Waals surface area (Å²) in [5.74, 6) is -0.232. The van der Waals surface area contributed by atoms with Crippen LogP contribution in [-0.2, 0) is 4.74 Å². The number of aromatic nitrogens is 3. The minimum absolute atomic E-state index is 0.104. The molecule has 2 rings (SSSR count). The highest BCUT2D eigenvalue weighted by atomic mass is 16.6. The van der Waals surface area contributed by atoms with Crippen molar-refractivity contribution in [2.45, 2.75) is 60.1 Å². The van der Waals surface area contributed by atoms with Crippen molar-refractivity contribution < 1.29 is 14.3 Å². The van der Waals surface area contributed by atoms with E-state index < -0.39 is 11.7 Å². The van der Waals surface area contributed by atoms with Gasteiger partial charge in [0.25, 0.3) is 5.91 Å². The van der Waals surface area contributed by atoms with Crippen molar-refractivity contribution in [2.24, 2.45) is 5.92 Å². The maximum Gasteiger partial charge on any atom is 0.407 e. The third-order valence-corrected chi connectivity index (χ3v) is 4.38. The molecule has 2 aromatic rings. The maximum atomic E-state index is 12.6. The number of carbonyl (C=O) groups is 2. The van der Waals surface area contributed by atoms with E-state index in [1.165, 1.54) is 0 Å². The van der Waals surface area contributed by atoms with Crippen molar-refractivity contribution in [3.63, 3.8) is 0 Å². The molecule has 0 aliphatic carbocycles. The predicted molar refractivity (Wildman–Crippen MR) is 111 cm³/mol. The summed E-state index contributed by atoms with van der Waals surface area (Å²) in [6.07, 6.45) is -0.507. The molecule has 8 heteroatoms. The summed E-state index contributed by atoms with van der Waals surface area (Å²) >= 11 is 0. The number of aryl methyl sites for hydroxylation is 1. The molecule has 1 atom stereocenters. The van der Waals surface area contributed by atoms with Crippen LogP contribution in [0.4, 0.5) is 4.79 Å². The molecule has 1 aromatic heterocycles. The third kappa shape index (κ3) is 6.30. The van der Waals surface area contributed by atoms with Crippen molar-refractivity contribution in [3.05, 3.63) is 41.2 Å². The zero-order chi connectivity index (χ0) is 21.8. The maximum absolute atomic E-state index is 12.6. The molecule has 0 radical (unpaired) electrons. The van der Waals surface area contributed by atoms with Gasteiger partial charge in [-0.2, -0.15) is 0 Å². The molecule has 0 aliphatic heterocycles. The smallest absolute Gasteiger partial charge is 0.407 e. The fraction of sp³-hybridized carbons (Fsp3) is 0.524. The van der Waals surface area contributed by atoms with Crippen LogP contribution in [0.15, 0.2) is 24.3 Å². The number of nitrogens with zero attached hydrogens (tertiary/aromatic N) is 3. The summed E-state index contributed by atoms with van der Waals surface area (Å²) in [7, 11) is 0. The number of benzene rings is 1. The second kappa shape index (κ2) is 9.07. The van der Waals surface area contributed by atoms with E-state index in [2.05, 4.69) is 20.9 Å². The zero-order valence-electron chi connectivity index (χ0n) is 18.2.